The smallest absolute Gasteiger partial charge is 0.131 e. The number of aromatic nitrogens is 2. The number of hydrogen-bond acceptors (Lipinski definition) is 0. The maximum atomic E-state index is 3.84. The number of halogens is 1. The third-order valence-corrected chi connectivity index (χ3v) is 10.1. The Labute approximate surface area is 251 Å². The highest BCUT2D eigenvalue weighted by atomic mass is 79.9. The summed E-state index contributed by atoms with van der Waals surface area (Å²) in [5.41, 5.74) is 13.7. The van der Waals surface area contributed by atoms with E-state index in [0.29, 0.717) is 0 Å². The molecule has 0 amide bonds. The van der Waals surface area contributed by atoms with Gasteiger partial charge in [0.2, 0.25) is 0 Å². The molecule has 2 nitrogen and oxygen atoms in total. The first-order chi connectivity index (χ1) is 20.8. The summed E-state index contributed by atoms with van der Waals surface area (Å²) in [5, 5.41) is 3.88. The standard InChI is InChI=1S/C39H23BrN2/c40-24-21-22-27-26-13-4-6-16-30(26)39(33(27)23-24)31-17-7-9-20-35(31)42-37-29(15-10-18-32(37)39)36-28-14-5-8-19-34(28)41(38(36)42)25-11-2-1-3-12-25/h1-23H. The van der Waals surface area contributed by atoms with Crippen LogP contribution in [0.15, 0.2) is 144 Å². The number of para-hydroxylation sites is 4. The normalized spacial score (nSPS) is 16.3. The van der Waals surface area contributed by atoms with Gasteiger partial charge in [0.25, 0.3) is 0 Å². The summed E-state index contributed by atoms with van der Waals surface area (Å²) < 4.78 is 6.11. The fourth-order valence-corrected chi connectivity index (χ4v) is 8.50. The highest BCUT2D eigenvalue weighted by Crippen LogP contribution is 2.61. The van der Waals surface area contributed by atoms with E-state index in [1.54, 1.807) is 0 Å². The van der Waals surface area contributed by atoms with Crippen LogP contribution in [0.3, 0.4) is 0 Å². The van der Waals surface area contributed by atoms with Gasteiger partial charge in [-0.1, -0.05) is 119 Å². The van der Waals surface area contributed by atoms with Crippen LogP contribution in [0, 0.1) is 0 Å². The second kappa shape index (κ2) is 7.90. The zero-order valence-electron chi connectivity index (χ0n) is 22.6. The maximum Gasteiger partial charge on any atom is 0.131 e. The van der Waals surface area contributed by atoms with Crippen molar-refractivity contribution in [3.63, 3.8) is 0 Å². The monoisotopic (exact) mass is 598 g/mol. The highest BCUT2D eigenvalue weighted by Gasteiger charge is 2.51. The van der Waals surface area contributed by atoms with Gasteiger partial charge in [-0.05, 0) is 69.8 Å². The Bertz CT molecular complexity index is 2430. The lowest BCUT2D eigenvalue weighted by molar-refractivity contribution is 0.746. The molecular weight excluding hydrogens is 576 g/mol. The average Bonchev–Trinajstić information content (AvgIpc) is 3.65. The summed E-state index contributed by atoms with van der Waals surface area (Å²) in [7, 11) is 0. The minimum Gasteiger partial charge on any atom is -0.295 e. The molecule has 3 heterocycles. The molecule has 0 fully saturated rings. The Morgan fingerprint density at radius 3 is 2.10 bits per heavy atom. The first-order valence-electron chi connectivity index (χ1n) is 14.4. The third-order valence-electron chi connectivity index (χ3n) is 9.56. The summed E-state index contributed by atoms with van der Waals surface area (Å²) in [6, 6.07) is 51.5. The van der Waals surface area contributed by atoms with Gasteiger partial charge in [-0.15, -0.1) is 0 Å². The van der Waals surface area contributed by atoms with Crippen LogP contribution >= 0.6 is 15.9 Å². The van der Waals surface area contributed by atoms with E-state index in [-0.39, 0.29) is 0 Å². The molecule has 1 aliphatic heterocycles. The average molecular weight is 600 g/mol. The van der Waals surface area contributed by atoms with Crippen molar-refractivity contribution in [3.8, 4) is 22.5 Å². The van der Waals surface area contributed by atoms with Crippen molar-refractivity contribution in [1.82, 2.24) is 9.13 Å². The van der Waals surface area contributed by atoms with E-state index in [0.717, 1.165) is 4.47 Å². The summed E-state index contributed by atoms with van der Waals surface area (Å²) >= 11 is 3.84. The zero-order chi connectivity index (χ0) is 27.6. The summed E-state index contributed by atoms with van der Waals surface area (Å²) in [6.07, 6.45) is 0. The van der Waals surface area contributed by atoms with Crippen LogP contribution in [-0.4, -0.2) is 9.13 Å². The van der Waals surface area contributed by atoms with Crippen LogP contribution in [0.2, 0.25) is 0 Å². The van der Waals surface area contributed by atoms with Gasteiger partial charge in [-0.2, -0.15) is 0 Å². The molecule has 1 atom stereocenters. The quantitative estimate of drug-likeness (QED) is 0.178. The number of hydrogen-bond donors (Lipinski definition) is 0. The van der Waals surface area contributed by atoms with Gasteiger partial charge >= 0.3 is 0 Å². The third kappa shape index (κ3) is 2.53. The number of rotatable bonds is 1. The highest BCUT2D eigenvalue weighted by molar-refractivity contribution is 9.10. The van der Waals surface area contributed by atoms with Crippen molar-refractivity contribution in [2.24, 2.45) is 0 Å². The van der Waals surface area contributed by atoms with Gasteiger partial charge in [0, 0.05) is 26.3 Å². The van der Waals surface area contributed by atoms with E-state index in [2.05, 4.69) is 165 Å². The molecule has 2 aromatic heterocycles. The van der Waals surface area contributed by atoms with Crippen LogP contribution in [-0.2, 0) is 5.41 Å². The molecule has 2 aliphatic rings. The molecule has 0 saturated heterocycles. The van der Waals surface area contributed by atoms with E-state index in [1.807, 2.05) is 0 Å². The van der Waals surface area contributed by atoms with E-state index < -0.39 is 5.41 Å². The van der Waals surface area contributed by atoms with Crippen LogP contribution in [0.4, 0.5) is 0 Å². The summed E-state index contributed by atoms with van der Waals surface area (Å²) in [5.74, 6) is 0. The lowest BCUT2D eigenvalue weighted by Crippen LogP contribution is -2.33. The number of nitrogens with zero attached hydrogens (tertiary/aromatic N) is 2. The number of fused-ring (bicyclic) bond motifs is 14. The summed E-state index contributed by atoms with van der Waals surface area (Å²) in [4.78, 5) is 0. The molecule has 42 heavy (non-hydrogen) atoms. The molecule has 1 aliphatic carbocycles. The minimum atomic E-state index is -0.426. The predicted molar refractivity (Wildman–Crippen MR) is 176 cm³/mol. The molecule has 0 saturated carbocycles. The lowest BCUT2D eigenvalue weighted by atomic mass is 9.65. The van der Waals surface area contributed by atoms with Crippen molar-refractivity contribution in [1.29, 1.82) is 0 Å². The fraction of sp³-hybridized carbons (Fsp3) is 0.0256. The second-order valence-corrected chi connectivity index (χ2v) is 12.3. The molecule has 10 rings (SSSR count). The zero-order valence-corrected chi connectivity index (χ0v) is 24.1. The van der Waals surface area contributed by atoms with Crippen molar-refractivity contribution < 1.29 is 0 Å². The SMILES string of the molecule is Brc1ccc2c(c1)C1(c3ccccc3-2)c2ccccc2-n2c3c1cccc3c1c3ccccc3n(-c3ccccc3)c12. The molecule has 3 heteroatoms. The Hall–Kier alpha value is -4.86. The van der Waals surface area contributed by atoms with E-state index in [9.17, 15) is 0 Å². The van der Waals surface area contributed by atoms with Crippen LogP contribution in [0.5, 0.6) is 0 Å². The van der Waals surface area contributed by atoms with Crippen molar-refractivity contribution in [3.05, 3.63) is 166 Å². The predicted octanol–water partition coefficient (Wildman–Crippen LogP) is 10.2. The lowest BCUT2D eigenvalue weighted by Gasteiger charge is -2.39. The Morgan fingerprint density at radius 1 is 0.500 bits per heavy atom. The van der Waals surface area contributed by atoms with Gasteiger partial charge in [-0.3, -0.25) is 9.13 Å². The maximum absolute atomic E-state index is 3.84. The van der Waals surface area contributed by atoms with Crippen LogP contribution in [0.1, 0.15) is 22.3 Å². The molecule has 1 spiro atoms. The topological polar surface area (TPSA) is 9.86 Å². The first kappa shape index (κ1) is 22.8. The van der Waals surface area contributed by atoms with Gasteiger partial charge in [0.05, 0.1) is 22.1 Å². The Morgan fingerprint density at radius 2 is 1.19 bits per heavy atom. The largest absolute Gasteiger partial charge is 0.295 e. The van der Waals surface area contributed by atoms with Gasteiger partial charge < -0.3 is 0 Å². The van der Waals surface area contributed by atoms with Gasteiger partial charge in [0.1, 0.15) is 5.65 Å². The van der Waals surface area contributed by atoms with E-state index in [4.69, 9.17) is 0 Å². The Kier molecular flexibility index (Phi) is 4.29. The van der Waals surface area contributed by atoms with Crippen molar-refractivity contribution in [2.75, 3.05) is 0 Å². The molecule has 0 radical (unpaired) electrons. The molecule has 0 bridgehead atoms. The number of benzene rings is 6. The van der Waals surface area contributed by atoms with Gasteiger partial charge in [0.15, 0.2) is 0 Å². The first-order valence-corrected chi connectivity index (χ1v) is 15.2. The molecule has 6 aromatic carbocycles. The van der Waals surface area contributed by atoms with Crippen LogP contribution in [0.25, 0.3) is 55.3 Å². The van der Waals surface area contributed by atoms with Gasteiger partial charge in [-0.25, -0.2) is 0 Å². The second-order valence-electron chi connectivity index (χ2n) is 11.4. The fourth-order valence-electron chi connectivity index (χ4n) is 8.13. The van der Waals surface area contributed by atoms with E-state index >= 15 is 0 Å². The molecule has 1 unspecified atom stereocenters. The summed E-state index contributed by atoms with van der Waals surface area (Å²) in [6.45, 7) is 0. The molecule has 196 valence electrons. The Balaban J connectivity index is 1.49. The van der Waals surface area contributed by atoms with Crippen LogP contribution < -0.4 is 0 Å². The van der Waals surface area contributed by atoms with Crippen molar-refractivity contribution in [2.45, 2.75) is 5.41 Å². The minimum absolute atomic E-state index is 0.426. The van der Waals surface area contributed by atoms with Crippen molar-refractivity contribution >= 4 is 48.8 Å². The molecule has 0 N–H and O–H groups in total. The molecule has 8 aromatic rings. The van der Waals surface area contributed by atoms with E-state index in [1.165, 1.54) is 77.6 Å². The molecular formula is C39H23BrN2.